The molecule has 2 aromatic rings. The van der Waals surface area contributed by atoms with Crippen LogP contribution in [0.25, 0.3) is 0 Å². The third-order valence-corrected chi connectivity index (χ3v) is 4.57. The summed E-state index contributed by atoms with van der Waals surface area (Å²) in [6.45, 7) is 0. The van der Waals surface area contributed by atoms with Gasteiger partial charge in [0, 0.05) is 6.04 Å². The van der Waals surface area contributed by atoms with Crippen LogP contribution in [0.3, 0.4) is 0 Å². The molecule has 1 aliphatic rings. The number of hydrogen-bond donors (Lipinski definition) is 1. The quantitative estimate of drug-likeness (QED) is 0.837. The lowest BCUT2D eigenvalue weighted by Gasteiger charge is -2.29. The molecule has 0 saturated heterocycles. The first-order chi connectivity index (χ1) is 13.4. The van der Waals surface area contributed by atoms with Crippen LogP contribution in [0.15, 0.2) is 36.7 Å². The van der Waals surface area contributed by atoms with Crippen molar-refractivity contribution < 1.29 is 27.4 Å². The molecule has 0 atom stereocenters. The highest BCUT2D eigenvalue weighted by Crippen LogP contribution is 2.32. The van der Waals surface area contributed by atoms with Gasteiger partial charge in [-0.1, -0.05) is 12.1 Å². The van der Waals surface area contributed by atoms with Crippen LogP contribution in [-0.4, -0.2) is 35.1 Å². The van der Waals surface area contributed by atoms with Crippen molar-refractivity contribution in [2.24, 2.45) is 0 Å². The van der Waals surface area contributed by atoms with Gasteiger partial charge in [-0.15, -0.1) is 0 Å². The van der Waals surface area contributed by atoms with Gasteiger partial charge in [-0.25, -0.2) is 0 Å². The molecule has 1 fully saturated rings. The van der Waals surface area contributed by atoms with E-state index in [0.717, 1.165) is 6.07 Å². The Morgan fingerprint density at radius 1 is 1.11 bits per heavy atom. The van der Waals surface area contributed by atoms with Gasteiger partial charge in [0.05, 0.1) is 30.6 Å². The molecule has 0 spiro atoms. The van der Waals surface area contributed by atoms with E-state index in [4.69, 9.17) is 9.47 Å². The van der Waals surface area contributed by atoms with Crippen molar-refractivity contribution in [2.45, 2.75) is 44.0 Å². The van der Waals surface area contributed by atoms with Crippen molar-refractivity contribution >= 4 is 5.91 Å². The van der Waals surface area contributed by atoms with E-state index >= 15 is 0 Å². The van der Waals surface area contributed by atoms with Crippen LogP contribution in [0.5, 0.6) is 11.8 Å². The number of nitrogens with zero attached hydrogens (tertiary/aromatic N) is 2. The van der Waals surface area contributed by atoms with Crippen LogP contribution in [-0.2, 0) is 6.18 Å². The maximum absolute atomic E-state index is 13.1. The Balaban J connectivity index is 1.55. The number of carbonyl (C=O) groups excluding carboxylic acids is 1. The molecule has 0 unspecified atom stereocenters. The van der Waals surface area contributed by atoms with Crippen molar-refractivity contribution in [3.63, 3.8) is 0 Å². The third-order valence-electron chi connectivity index (χ3n) is 4.57. The summed E-state index contributed by atoms with van der Waals surface area (Å²) in [6.07, 6.45) is 0.774. The Morgan fingerprint density at radius 2 is 1.79 bits per heavy atom. The van der Waals surface area contributed by atoms with Crippen LogP contribution < -0.4 is 14.8 Å². The summed E-state index contributed by atoms with van der Waals surface area (Å²) in [5.41, 5.74) is -1.29. The molecule has 1 saturated carbocycles. The first-order valence-corrected chi connectivity index (χ1v) is 8.86. The molecular formula is C19H20F3N3O3. The number of methoxy groups -OCH3 is 1. The van der Waals surface area contributed by atoms with Gasteiger partial charge in [0.25, 0.3) is 5.91 Å². The smallest absolute Gasteiger partial charge is 0.417 e. The van der Waals surface area contributed by atoms with E-state index in [1.165, 1.54) is 37.7 Å². The summed E-state index contributed by atoms with van der Waals surface area (Å²) in [5, 5.41) is 2.71. The van der Waals surface area contributed by atoms with E-state index in [9.17, 15) is 18.0 Å². The highest BCUT2D eigenvalue weighted by Gasteiger charge is 2.35. The predicted molar refractivity (Wildman–Crippen MR) is 94.2 cm³/mol. The fraction of sp³-hybridized carbons (Fsp3) is 0.421. The minimum absolute atomic E-state index is 0.1000. The molecule has 0 radical (unpaired) electrons. The summed E-state index contributed by atoms with van der Waals surface area (Å²) in [4.78, 5) is 20.5. The van der Waals surface area contributed by atoms with Gasteiger partial charge in [0.15, 0.2) is 0 Å². The first-order valence-electron chi connectivity index (χ1n) is 8.86. The molecule has 3 rings (SSSR count). The van der Waals surface area contributed by atoms with Gasteiger partial charge in [-0.3, -0.25) is 9.78 Å². The van der Waals surface area contributed by atoms with Crippen LogP contribution in [0.2, 0.25) is 0 Å². The molecule has 9 heteroatoms. The zero-order valence-corrected chi connectivity index (χ0v) is 15.2. The van der Waals surface area contributed by atoms with Crippen LogP contribution in [0.4, 0.5) is 13.2 Å². The molecule has 1 aliphatic carbocycles. The number of halogens is 3. The minimum Gasteiger partial charge on any atom is -0.480 e. The fourth-order valence-corrected chi connectivity index (χ4v) is 3.17. The van der Waals surface area contributed by atoms with Gasteiger partial charge in [0.2, 0.25) is 11.8 Å². The van der Waals surface area contributed by atoms with Gasteiger partial charge in [0.1, 0.15) is 6.10 Å². The molecule has 1 aromatic carbocycles. The van der Waals surface area contributed by atoms with E-state index in [-0.39, 0.29) is 17.7 Å². The Labute approximate surface area is 160 Å². The second kappa shape index (κ2) is 8.45. The van der Waals surface area contributed by atoms with Crippen molar-refractivity contribution in [2.75, 3.05) is 7.11 Å². The maximum atomic E-state index is 13.1. The van der Waals surface area contributed by atoms with Gasteiger partial charge >= 0.3 is 6.18 Å². The van der Waals surface area contributed by atoms with Gasteiger partial charge in [-0.05, 0) is 37.8 Å². The molecule has 150 valence electrons. The first kappa shape index (κ1) is 19.9. The van der Waals surface area contributed by atoms with E-state index in [1.807, 2.05) is 0 Å². The standard InChI is InChI=1S/C19H20F3N3O3/c1-27-16-10-23-11-17(25-16)28-13-8-6-12(7-9-13)24-18(26)14-4-2-3-5-15(14)19(20,21)22/h2-5,10-13H,6-9H2,1H3,(H,24,26). The monoisotopic (exact) mass is 395 g/mol. The largest absolute Gasteiger partial charge is 0.480 e. The Kier molecular flexibility index (Phi) is 6.01. The summed E-state index contributed by atoms with van der Waals surface area (Å²) < 4.78 is 50.0. The number of rotatable bonds is 5. The van der Waals surface area contributed by atoms with Crippen molar-refractivity contribution in [3.05, 3.63) is 47.8 Å². The third kappa shape index (κ3) is 4.90. The Hall–Kier alpha value is -2.84. The van der Waals surface area contributed by atoms with Crippen molar-refractivity contribution in [1.29, 1.82) is 0 Å². The zero-order chi connectivity index (χ0) is 20.1. The second-order valence-electron chi connectivity index (χ2n) is 6.51. The highest BCUT2D eigenvalue weighted by atomic mass is 19.4. The van der Waals surface area contributed by atoms with Crippen LogP contribution in [0, 0.1) is 0 Å². The average molecular weight is 395 g/mol. The zero-order valence-electron chi connectivity index (χ0n) is 15.2. The number of carbonyl (C=O) groups is 1. The van der Waals surface area contributed by atoms with Crippen LogP contribution >= 0.6 is 0 Å². The summed E-state index contributed by atoms with van der Waals surface area (Å²) in [7, 11) is 1.48. The minimum atomic E-state index is -4.57. The van der Waals surface area contributed by atoms with E-state index in [1.54, 1.807) is 0 Å². The van der Waals surface area contributed by atoms with E-state index in [2.05, 4.69) is 15.3 Å². The van der Waals surface area contributed by atoms with Gasteiger partial charge in [-0.2, -0.15) is 18.2 Å². The molecule has 1 amide bonds. The lowest BCUT2D eigenvalue weighted by Crippen LogP contribution is -2.40. The second-order valence-corrected chi connectivity index (χ2v) is 6.51. The van der Waals surface area contributed by atoms with Crippen molar-refractivity contribution in [1.82, 2.24) is 15.3 Å². The fourth-order valence-electron chi connectivity index (χ4n) is 3.17. The summed E-state index contributed by atoms with van der Waals surface area (Å²) in [6, 6.07) is 4.58. The number of aromatic nitrogens is 2. The number of hydrogen-bond acceptors (Lipinski definition) is 5. The number of benzene rings is 1. The highest BCUT2D eigenvalue weighted by molar-refractivity contribution is 5.96. The molecule has 1 N–H and O–H groups in total. The normalized spacial score (nSPS) is 19.7. The topological polar surface area (TPSA) is 73.3 Å². The number of nitrogens with one attached hydrogen (secondary N) is 1. The van der Waals surface area contributed by atoms with Gasteiger partial charge < -0.3 is 14.8 Å². The molecule has 0 bridgehead atoms. The van der Waals surface area contributed by atoms with E-state index in [0.29, 0.717) is 37.4 Å². The van der Waals surface area contributed by atoms with Crippen LogP contribution in [0.1, 0.15) is 41.6 Å². The maximum Gasteiger partial charge on any atom is 0.417 e. The number of alkyl halides is 3. The Bertz CT molecular complexity index is 821. The lowest BCUT2D eigenvalue weighted by atomic mass is 9.92. The predicted octanol–water partition coefficient (Wildman–Crippen LogP) is 3.62. The molecule has 28 heavy (non-hydrogen) atoms. The average Bonchev–Trinajstić information content (AvgIpc) is 2.69. The molecule has 1 heterocycles. The molecule has 6 nitrogen and oxygen atoms in total. The molecule has 0 aliphatic heterocycles. The van der Waals surface area contributed by atoms with E-state index < -0.39 is 17.6 Å². The SMILES string of the molecule is COc1cncc(OC2CCC(NC(=O)c3ccccc3C(F)(F)F)CC2)n1. The lowest BCUT2D eigenvalue weighted by molar-refractivity contribution is -0.137. The number of ether oxygens (including phenoxy) is 2. The van der Waals surface area contributed by atoms with Crippen molar-refractivity contribution in [3.8, 4) is 11.8 Å². The Morgan fingerprint density at radius 3 is 2.46 bits per heavy atom. The summed E-state index contributed by atoms with van der Waals surface area (Å²) in [5.74, 6) is -0.0105. The number of amides is 1. The molecular weight excluding hydrogens is 375 g/mol. The summed E-state index contributed by atoms with van der Waals surface area (Å²) >= 11 is 0. The molecule has 1 aromatic heterocycles.